The molecule has 3 heteroatoms. The highest BCUT2D eigenvalue weighted by molar-refractivity contribution is 5.31. The molecule has 0 saturated heterocycles. The smallest absolute Gasteiger partial charge is 0.224 e. The molecule has 2 aromatic rings. The van der Waals surface area contributed by atoms with Gasteiger partial charge < -0.3 is 14.6 Å². The van der Waals surface area contributed by atoms with Crippen LogP contribution in [0.1, 0.15) is 11.9 Å². The molecule has 0 aliphatic rings. The third-order valence-corrected chi connectivity index (χ3v) is 2.39. The lowest BCUT2D eigenvalue weighted by molar-refractivity contribution is -0.0194. The molecule has 0 radical (unpaired) electrons. The van der Waals surface area contributed by atoms with Crippen LogP contribution in [0.25, 0.3) is 0 Å². The Labute approximate surface area is 100 Å². The summed E-state index contributed by atoms with van der Waals surface area (Å²) < 4.78 is 10.4. The number of ether oxygens (including phenoxy) is 2. The fourth-order valence-electron chi connectivity index (χ4n) is 1.47. The summed E-state index contributed by atoms with van der Waals surface area (Å²) in [4.78, 5) is 0. The van der Waals surface area contributed by atoms with Crippen LogP contribution in [0, 0.1) is 0 Å². The lowest BCUT2D eigenvalue weighted by atomic mass is 10.2. The van der Waals surface area contributed by atoms with E-state index in [1.54, 1.807) is 31.4 Å². The second-order valence-electron chi connectivity index (χ2n) is 3.56. The van der Waals surface area contributed by atoms with Crippen LogP contribution in [0.3, 0.4) is 0 Å². The van der Waals surface area contributed by atoms with E-state index < -0.39 is 6.29 Å². The molecule has 0 aliphatic heterocycles. The van der Waals surface area contributed by atoms with Crippen molar-refractivity contribution < 1.29 is 14.6 Å². The van der Waals surface area contributed by atoms with Crippen LogP contribution in [0.15, 0.2) is 54.6 Å². The number of hydrogen-bond donors (Lipinski definition) is 1. The van der Waals surface area contributed by atoms with Gasteiger partial charge in [0.15, 0.2) is 0 Å². The Morgan fingerprint density at radius 3 is 2.06 bits per heavy atom. The van der Waals surface area contributed by atoms with Gasteiger partial charge in [-0.1, -0.05) is 30.3 Å². The number of aliphatic hydroxyl groups excluding tert-OH is 1. The number of benzene rings is 2. The molecule has 0 aromatic heterocycles. The van der Waals surface area contributed by atoms with Gasteiger partial charge in [-0.25, -0.2) is 0 Å². The third kappa shape index (κ3) is 2.98. The third-order valence-electron chi connectivity index (χ3n) is 2.39. The maximum absolute atomic E-state index is 9.85. The highest BCUT2D eigenvalue weighted by Crippen LogP contribution is 2.22. The molecule has 0 amide bonds. The van der Waals surface area contributed by atoms with E-state index in [2.05, 4.69) is 0 Å². The van der Waals surface area contributed by atoms with E-state index in [-0.39, 0.29) is 0 Å². The van der Waals surface area contributed by atoms with E-state index in [9.17, 15) is 5.11 Å². The van der Waals surface area contributed by atoms with Crippen molar-refractivity contribution in [1.29, 1.82) is 0 Å². The van der Waals surface area contributed by atoms with Crippen LogP contribution in [-0.2, 0) is 0 Å². The summed E-state index contributed by atoms with van der Waals surface area (Å²) >= 11 is 0. The van der Waals surface area contributed by atoms with E-state index in [0.717, 1.165) is 11.3 Å². The molecule has 2 aromatic carbocycles. The second kappa shape index (κ2) is 5.37. The SMILES string of the molecule is COc1ccc(OC(O)c2ccccc2)cc1. The standard InChI is InChI=1S/C14H14O3/c1-16-12-7-9-13(10-8-12)17-14(15)11-5-3-2-4-6-11/h2-10,14-15H,1H3. The number of aliphatic hydroxyl groups is 1. The van der Waals surface area contributed by atoms with E-state index in [4.69, 9.17) is 9.47 Å². The van der Waals surface area contributed by atoms with Gasteiger partial charge in [-0.05, 0) is 24.3 Å². The Morgan fingerprint density at radius 2 is 1.47 bits per heavy atom. The average molecular weight is 230 g/mol. The van der Waals surface area contributed by atoms with Gasteiger partial charge in [0.2, 0.25) is 6.29 Å². The molecule has 0 saturated carbocycles. The van der Waals surface area contributed by atoms with Gasteiger partial charge in [-0.2, -0.15) is 0 Å². The Morgan fingerprint density at radius 1 is 0.882 bits per heavy atom. The largest absolute Gasteiger partial charge is 0.497 e. The summed E-state index contributed by atoms with van der Waals surface area (Å²) in [5, 5.41) is 9.85. The lowest BCUT2D eigenvalue weighted by Gasteiger charge is -2.13. The predicted octanol–water partition coefficient (Wildman–Crippen LogP) is 2.77. The summed E-state index contributed by atoms with van der Waals surface area (Å²) in [7, 11) is 1.61. The monoisotopic (exact) mass is 230 g/mol. The summed E-state index contributed by atoms with van der Waals surface area (Å²) in [6.07, 6.45) is -0.954. The first-order valence-electron chi connectivity index (χ1n) is 5.33. The number of methoxy groups -OCH3 is 1. The van der Waals surface area contributed by atoms with Gasteiger partial charge in [-0.3, -0.25) is 0 Å². The molecule has 1 atom stereocenters. The zero-order valence-electron chi connectivity index (χ0n) is 9.54. The van der Waals surface area contributed by atoms with Crippen molar-refractivity contribution in [3.8, 4) is 11.5 Å². The van der Waals surface area contributed by atoms with Gasteiger partial charge in [0.1, 0.15) is 11.5 Å². The minimum Gasteiger partial charge on any atom is -0.497 e. The normalized spacial score (nSPS) is 11.9. The van der Waals surface area contributed by atoms with Crippen molar-refractivity contribution in [2.45, 2.75) is 6.29 Å². The highest BCUT2D eigenvalue weighted by Gasteiger charge is 2.08. The van der Waals surface area contributed by atoms with Crippen molar-refractivity contribution in [1.82, 2.24) is 0 Å². The Bertz CT molecular complexity index is 451. The second-order valence-corrected chi connectivity index (χ2v) is 3.56. The van der Waals surface area contributed by atoms with Crippen molar-refractivity contribution in [3.63, 3.8) is 0 Å². The predicted molar refractivity (Wildman–Crippen MR) is 65.0 cm³/mol. The summed E-state index contributed by atoms with van der Waals surface area (Å²) in [6.45, 7) is 0. The highest BCUT2D eigenvalue weighted by atomic mass is 16.6. The maximum Gasteiger partial charge on any atom is 0.224 e. The molecule has 1 N–H and O–H groups in total. The van der Waals surface area contributed by atoms with Crippen molar-refractivity contribution in [2.24, 2.45) is 0 Å². The zero-order chi connectivity index (χ0) is 12.1. The van der Waals surface area contributed by atoms with E-state index in [1.165, 1.54) is 0 Å². The van der Waals surface area contributed by atoms with Crippen LogP contribution in [0.4, 0.5) is 0 Å². The fourth-order valence-corrected chi connectivity index (χ4v) is 1.47. The first-order chi connectivity index (χ1) is 8.29. The van der Waals surface area contributed by atoms with Crippen LogP contribution in [0.5, 0.6) is 11.5 Å². The van der Waals surface area contributed by atoms with Crippen LogP contribution >= 0.6 is 0 Å². The van der Waals surface area contributed by atoms with Gasteiger partial charge in [-0.15, -0.1) is 0 Å². The minimum absolute atomic E-state index is 0.599. The summed E-state index contributed by atoms with van der Waals surface area (Å²) in [5.74, 6) is 1.36. The van der Waals surface area contributed by atoms with Gasteiger partial charge in [0, 0.05) is 5.56 Å². The molecule has 0 fully saturated rings. The van der Waals surface area contributed by atoms with E-state index in [0.29, 0.717) is 5.75 Å². The Hall–Kier alpha value is -2.00. The average Bonchev–Trinajstić information content (AvgIpc) is 2.40. The maximum atomic E-state index is 9.85. The van der Waals surface area contributed by atoms with Crippen molar-refractivity contribution >= 4 is 0 Å². The fraction of sp³-hybridized carbons (Fsp3) is 0.143. The zero-order valence-corrected chi connectivity index (χ0v) is 9.54. The first-order valence-corrected chi connectivity index (χ1v) is 5.33. The van der Waals surface area contributed by atoms with Crippen molar-refractivity contribution in [3.05, 3.63) is 60.2 Å². The van der Waals surface area contributed by atoms with Crippen molar-refractivity contribution in [2.75, 3.05) is 7.11 Å². The molecule has 0 aliphatic carbocycles. The van der Waals surface area contributed by atoms with Gasteiger partial charge in [0.05, 0.1) is 7.11 Å². The van der Waals surface area contributed by atoms with Gasteiger partial charge >= 0.3 is 0 Å². The summed E-state index contributed by atoms with van der Waals surface area (Å²) in [6, 6.07) is 16.3. The molecular weight excluding hydrogens is 216 g/mol. The van der Waals surface area contributed by atoms with Crippen LogP contribution < -0.4 is 9.47 Å². The quantitative estimate of drug-likeness (QED) is 0.821. The van der Waals surface area contributed by atoms with Gasteiger partial charge in [0.25, 0.3) is 0 Å². The van der Waals surface area contributed by atoms with Crippen LogP contribution in [-0.4, -0.2) is 12.2 Å². The molecule has 17 heavy (non-hydrogen) atoms. The first kappa shape index (κ1) is 11.5. The topological polar surface area (TPSA) is 38.7 Å². The van der Waals surface area contributed by atoms with E-state index in [1.807, 2.05) is 30.3 Å². The Kier molecular flexibility index (Phi) is 3.62. The lowest BCUT2D eigenvalue weighted by Crippen LogP contribution is -2.05. The molecular formula is C14H14O3. The molecule has 0 bridgehead atoms. The molecule has 0 spiro atoms. The summed E-state index contributed by atoms with van der Waals surface area (Å²) in [5.41, 5.74) is 0.725. The molecule has 3 nitrogen and oxygen atoms in total. The molecule has 2 rings (SSSR count). The van der Waals surface area contributed by atoms with E-state index >= 15 is 0 Å². The number of hydrogen-bond acceptors (Lipinski definition) is 3. The minimum atomic E-state index is -0.954. The number of rotatable bonds is 4. The Balaban J connectivity index is 2.05. The van der Waals surface area contributed by atoms with Crippen LogP contribution in [0.2, 0.25) is 0 Å². The molecule has 88 valence electrons. The molecule has 0 heterocycles. The molecule has 1 unspecified atom stereocenters.